The van der Waals surface area contributed by atoms with Crippen LogP contribution in [0.15, 0.2) is 22.7 Å². The van der Waals surface area contributed by atoms with Crippen LogP contribution in [0, 0.1) is 12.8 Å². The van der Waals surface area contributed by atoms with E-state index in [9.17, 15) is 4.79 Å². The molecule has 4 heteroatoms. The van der Waals surface area contributed by atoms with Crippen LogP contribution >= 0.6 is 15.9 Å². The highest BCUT2D eigenvalue weighted by atomic mass is 79.9. The molecule has 0 bridgehead atoms. The quantitative estimate of drug-likeness (QED) is 0.845. The Morgan fingerprint density at radius 2 is 2.05 bits per heavy atom. The molecule has 1 saturated carbocycles. The molecule has 1 amide bonds. The number of benzene rings is 1. The van der Waals surface area contributed by atoms with Gasteiger partial charge in [0, 0.05) is 16.2 Å². The maximum atomic E-state index is 12.5. The number of amides is 1. The van der Waals surface area contributed by atoms with Gasteiger partial charge in [0.15, 0.2) is 0 Å². The lowest BCUT2D eigenvalue weighted by atomic mass is 9.77. The van der Waals surface area contributed by atoms with Crippen LogP contribution in [0.4, 0.5) is 5.69 Å². The van der Waals surface area contributed by atoms with E-state index in [-0.39, 0.29) is 11.9 Å². The van der Waals surface area contributed by atoms with Crippen LogP contribution in [0.1, 0.15) is 44.1 Å². The van der Waals surface area contributed by atoms with Gasteiger partial charge in [-0.25, -0.2) is 0 Å². The van der Waals surface area contributed by atoms with Crippen molar-refractivity contribution in [1.29, 1.82) is 0 Å². The van der Waals surface area contributed by atoms with Crippen LogP contribution in [0.5, 0.6) is 0 Å². The molecule has 3 nitrogen and oxygen atoms in total. The third kappa shape index (κ3) is 3.32. The molecule has 1 saturated heterocycles. The molecule has 114 valence electrons. The van der Waals surface area contributed by atoms with Gasteiger partial charge in [-0.3, -0.25) is 4.79 Å². The zero-order valence-electron chi connectivity index (χ0n) is 12.5. The largest absolute Gasteiger partial charge is 0.324 e. The Bertz CT molecular complexity index is 532. The Kier molecular flexibility index (Phi) is 4.65. The van der Waals surface area contributed by atoms with Crippen molar-refractivity contribution < 1.29 is 4.79 Å². The minimum absolute atomic E-state index is 0.0391. The molecule has 0 aromatic heterocycles. The maximum Gasteiger partial charge on any atom is 0.241 e. The van der Waals surface area contributed by atoms with E-state index in [1.54, 1.807) is 0 Å². The maximum absolute atomic E-state index is 12.5. The Hall–Kier alpha value is -0.870. The molecular weight excluding hydrogens is 328 g/mol. The fourth-order valence-corrected chi connectivity index (χ4v) is 4.03. The lowest BCUT2D eigenvalue weighted by Crippen LogP contribution is -2.53. The number of carbonyl (C=O) groups is 1. The lowest BCUT2D eigenvalue weighted by molar-refractivity contribution is -0.119. The van der Waals surface area contributed by atoms with Gasteiger partial charge in [0.1, 0.15) is 0 Å². The second-order valence-electron chi connectivity index (χ2n) is 6.35. The fraction of sp³-hybridized carbons (Fsp3) is 0.588. The minimum atomic E-state index is -0.0391. The number of nitrogens with one attached hydrogen (secondary N) is 2. The van der Waals surface area contributed by atoms with Crippen molar-refractivity contribution >= 4 is 27.5 Å². The van der Waals surface area contributed by atoms with Crippen molar-refractivity contribution in [3.05, 3.63) is 28.2 Å². The van der Waals surface area contributed by atoms with Gasteiger partial charge in [-0.2, -0.15) is 0 Å². The average Bonchev–Trinajstić information content (AvgIpc) is 2.51. The van der Waals surface area contributed by atoms with Crippen LogP contribution in [-0.4, -0.2) is 18.0 Å². The predicted molar refractivity (Wildman–Crippen MR) is 89.4 cm³/mol. The summed E-state index contributed by atoms with van der Waals surface area (Å²) in [5.74, 6) is 0.899. The second-order valence-corrected chi connectivity index (χ2v) is 7.20. The molecule has 2 fully saturated rings. The smallest absolute Gasteiger partial charge is 0.241 e. The molecule has 1 aliphatic heterocycles. The highest BCUT2D eigenvalue weighted by Gasteiger charge is 2.34. The summed E-state index contributed by atoms with van der Waals surface area (Å²) < 4.78 is 1.03. The lowest BCUT2D eigenvalue weighted by Gasteiger charge is -2.39. The highest BCUT2D eigenvalue weighted by molar-refractivity contribution is 9.10. The summed E-state index contributed by atoms with van der Waals surface area (Å²) >= 11 is 3.51. The first-order valence-electron chi connectivity index (χ1n) is 7.97. The molecule has 21 heavy (non-hydrogen) atoms. The van der Waals surface area contributed by atoms with Crippen molar-refractivity contribution in [1.82, 2.24) is 5.32 Å². The first kappa shape index (κ1) is 15.0. The van der Waals surface area contributed by atoms with Gasteiger partial charge in [0.2, 0.25) is 5.91 Å². The Labute approximate surface area is 135 Å². The van der Waals surface area contributed by atoms with Crippen LogP contribution in [-0.2, 0) is 4.79 Å². The molecule has 1 aliphatic carbocycles. The van der Waals surface area contributed by atoms with Gasteiger partial charge in [-0.05, 0) is 56.2 Å². The Balaban J connectivity index is 1.64. The summed E-state index contributed by atoms with van der Waals surface area (Å²) in [6.07, 6.45) is 7.36. The van der Waals surface area contributed by atoms with Gasteiger partial charge < -0.3 is 10.6 Å². The van der Waals surface area contributed by atoms with E-state index in [1.165, 1.54) is 32.1 Å². The number of piperidine rings is 1. The van der Waals surface area contributed by atoms with E-state index in [2.05, 4.69) is 26.6 Å². The minimum Gasteiger partial charge on any atom is -0.324 e. The van der Waals surface area contributed by atoms with Crippen molar-refractivity contribution in [2.24, 2.45) is 5.92 Å². The molecule has 1 aromatic rings. The van der Waals surface area contributed by atoms with E-state index in [0.29, 0.717) is 6.04 Å². The van der Waals surface area contributed by atoms with Gasteiger partial charge in [-0.1, -0.05) is 34.8 Å². The Morgan fingerprint density at radius 3 is 2.90 bits per heavy atom. The fourth-order valence-electron chi connectivity index (χ4n) is 3.66. The van der Waals surface area contributed by atoms with Gasteiger partial charge in [-0.15, -0.1) is 0 Å². The summed E-state index contributed by atoms with van der Waals surface area (Å²) in [7, 11) is 0. The summed E-state index contributed by atoms with van der Waals surface area (Å²) in [6, 6.07) is 6.42. The molecule has 0 radical (unpaired) electrons. The third-order valence-corrected chi connectivity index (χ3v) is 5.85. The van der Waals surface area contributed by atoms with E-state index in [4.69, 9.17) is 0 Å². The van der Waals surface area contributed by atoms with Crippen molar-refractivity contribution in [2.45, 2.75) is 57.5 Å². The van der Waals surface area contributed by atoms with Crippen molar-refractivity contribution in [3.63, 3.8) is 0 Å². The summed E-state index contributed by atoms with van der Waals surface area (Å²) in [5, 5.41) is 6.67. The first-order chi connectivity index (χ1) is 10.1. The summed E-state index contributed by atoms with van der Waals surface area (Å²) in [4.78, 5) is 12.5. The number of rotatable bonds is 2. The van der Waals surface area contributed by atoms with Crippen LogP contribution < -0.4 is 10.6 Å². The summed E-state index contributed by atoms with van der Waals surface area (Å²) in [5.41, 5.74) is 1.99. The average molecular weight is 351 g/mol. The zero-order chi connectivity index (χ0) is 14.8. The van der Waals surface area contributed by atoms with Crippen molar-refractivity contribution in [2.75, 3.05) is 5.32 Å². The summed E-state index contributed by atoms with van der Waals surface area (Å²) in [6.45, 7) is 2.02. The number of hydrogen-bond acceptors (Lipinski definition) is 2. The van der Waals surface area contributed by atoms with Gasteiger partial charge in [0.25, 0.3) is 0 Å². The van der Waals surface area contributed by atoms with E-state index in [1.807, 2.05) is 25.1 Å². The van der Waals surface area contributed by atoms with Crippen molar-refractivity contribution in [3.8, 4) is 0 Å². The SMILES string of the molecule is Cc1c(Br)cccc1NC(=O)C1CCC2CCCCC2N1. The van der Waals surface area contributed by atoms with Crippen LogP contribution in [0.25, 0.3) is 0 Å². The van der Waals surface area contributed by atoms with Crippen LogP contribution in [0.3, 0.4) is 0 Å². The number of hydrogen-bond donors (Lipinski definition) is 2. The van der Waals surface area contributed by atoms with E-state index < -0.39 is 0 Å². The number of halogens is 1. The molecular formula is C17H23BrN2O. The molecule has 1 heterocycles. The molecule has 2 N–H and O–H groups in total. The normalized spacial score (nSPS) is 28.8. The number of carbonyl (C=O) groups excluding carboxylic acids is 1. The molecule has 3 rings (SSSR count). The second kappa shape index (κ2) is 6.49. The first-order valence-corrected chi connectivity index (χ1v) is 8.76. The van der Waals surface area contributed by atoms with Gasteiger partial charge >= 0.3 is 0 Å². The molecule has 3 atom stereocenters. The van der Waals surface area contributed by atoms with Gasteiger partial charge in [0.05, 0.1) is 6.04 Å². The molecule has 3 unspecified atom stereocenters. The van der Waals surface area contributed by atoms with E-state index in [0.717, 1.165) is 28.1 Å². The third-order valence-electron chi connectivity index (χ3n) is 4.99. The highest BCUT2D eigenvalue weighted by Crippen LogP contribution is 2.32. The monoisotopic (exact) mass is 350 g/mol. The molecule has 0 spiro atoms. The number of anilines is 1. The zero-order valence-corrected chi connectivity index (χ0v) is 14.1. The van der Waals surface area contributed by atoms with E-state index >= 15 is 0 Å². The molecule has 2 aliphatic rings. The van der Waals surface area contributed by atoms with Crippen LogP contribution in [0.2, 0.25) is 0 Å². The number of fused-ring (bicyclic) bond motifs is 1. The molecule has 1 aromatic carbocycles. The topological polar surface area (TPSA) is 41.1 Å². The Morgan fingerprint density at radius 1 is 1.24 bits per heavy atom. The standard InChI is InChI=1S/C17H23BrN2O/c1-11-13(18)6-4-8-14(11)20-17(21)16-10-9-12-5-2-3-7-15(12)19-16/h4,6,8,12,15-16,19H,2-3,5,7,9-10H2,1H3,(H,20,21). The predicted octanol–water partition coefficient (Wildman–Crippen LogP) is 4.01.